The summed E-state index contributed by atoms with van der Waals surface area (Å²) in [5.41, 5.74) is -0.509. The highest BCUT2D eigenvalue weighted by Gasteiger charge is 2.22. The standard InChI is InChI=1S/C9H11Cl2N3O/c1-9(2,3)8(15)12-7-5(10)4-6(11)13-14-7/h4H,1-3H3,(H,12,14,15). The van der Waals surface area contributed by atoms with Crippen LogP contribution in [0.25, 0.3) is 0 Å². The van der Waals surface area contributed by atoms with E-state index in [0.29, 0.717) is 0 Å². The van der Waals surface area contributed by atoms with E-state index in [1.54, 1.807) is 20.8 Å². The average molecular weight is 248 g/mol. The Bertz CT molecular complexity index is 387. The van der Waals surface area contributed by atoms with Crippen molar-refractivity contribution in [2.75, 3.05) is 5.32 Å². The minimum atomic E-state index is -0.509. The van der Waals surface area contributed by atoms with Crippen molar-refractivity contribution in [3.63, 3.8) is 0 Å². The van der Waals surface area contributed by atoms with Crippen molar-refractivity contribution in [3.05, 3.63) is 16.2 Å². The van der Waals surface area contributed by atoms with Gasteiger partial charge in [-0.1, -0.05) is 44.0 Å². The van der Waals surface area contributed by atoms with Gasteiger partial charge in [-0.25, -0.2) is 0 Å². The Labute approximate surface area is 98.0 Å². The van der Waals surface area contributed by atoms with E-state index in [2.05, 4.69) is 15.5 Å². The number of halogens is 2. The fourth-order valence-corrected chi connectivity index (χ4v) is 1.12. The summed E-state index contributed by atoms with van der Waals surface area (Å²) in [6, 6.07) is 1.42. The number of hydrogen-bond donors (Lipinski definition) is 1. The van der Waals surface area contributed by atoms with Gasteiger partial charge in [-0.2, -0.15) is 0 Å². The van der Waals surface area contributed by atoms with Gasteiger partial charge in [0.15, 0.2) is 11.0 Å². The SMILES string of the molecule is CC(C)(C)C(=O)Nc1nnc(Cl)cc1Cl. The first-order valence-electron chi connectivity index (χ1n) is 4.31. The monoisotopic (exact) mass is 247 g/mol. The maximum atomic E-state index is 11.6. The minimum absolute atomic E-state index is 0.180. The molecule has 0 saturated carbocycles. The van der Waals surface area contributed by atoms with E-state index in [9.17, 15) is 4.79 Å². The molecule has 0 unspecified atom stereocenters. The molecule has 6 heteroatoms. The first-order valence-corrected chi connectivity index (χ1v) is 5.06. The van der Waals surface area contributed by atoms with Gasteiger partial charge in [-0.05, 0) is 6.07 Å². The average Bonchev–Trinajstić information content (AvgIpc) is 2.08. The smallest absolute Gasteiger partial charge is 0.230 e. The second kappa shape index (κ2) is 4.33. The number of aromatic nitrogens is 2. The van der Waals surface area contributed by atoms with E-state index in [1.807, 2.05) is 0 Å². The van der Waals surface area contributed by atoms with Crippen LogP contribution in [0, 0.1) is 5.41 Å². The normalized spacial score (nSPS) is 11.3. The van der Waals surface area contributed by atoms with E-state index >= 15 is 0 Å². The summed E-state index contributed by atoms with van der Waals surface area (Å²) in [4.78, 5) is 11.6. The van der Waals surface area contributed by atoms with Crippen molar-refractivity contribution < 1.29 is 4.79 Å². The maximum absolute atomic E-state index is 11.6. The van der Waals surface area contributed by atoms with Crippen LogP contribution >= 0.6 is 23.2 Å². The van der Waals surface area contributed by atoms with E-state index in [-0.39, 0.29) is 21.9 Å². The summed E-state index contributed by atoms with van der Waals surface area (Å²) >= 11 is 11.4. The lowest BCUT2D eigenvalue weighted by atomic mass is 9.96. The third kappa shape index (κ3) is 3.32. The van der Waals surface area contributed by atoms with Crippen molar-refractivity contribution in [2.24, 2.45) is 5.41 Å². The molecule has 0 aliphatic carbocycles. The van der Waals surface area contributed by atoms with E-state index in [1.165, 1.54) is 6.07 Å². The molecule has 1 heterocycles. The van der Waals surface area contributed by atoms with Crippen LogP contribution in [0.2, 0.25) is 10.2 Å². The van der Waals surface area contributed by atoms with Crippen LogP contribution in [0.15, 0.2) is 6.07 Å². The Balaban J connectivity index is 2.87. The lowest BCUT2D eigenvalue weighted by Gasteiger charge is -2.17. The second-order valence-corrected chi connectivity index (χ2v) is 4.86. The molecule has 0 saturated heterocycles. The molecule has 15 heavy (non-hydrogen) atoms. The molecule has 4 nitrogen and oxygen atoms in total. The van der Waals surface area contributed by atoms with Gasteiger partial charge in [0.1, 0.15) is 0 Å². The van der Waals surface area contributed by atoms with Gasteiger partial charge in [0.05, 0.1) is 5.02 Å². The first kappa shape index (κ1) is 12.2. The number of carbonyl (C=O) groups excluding carboxylic acids is 1. The highest BCUT2D eigenvalue weighted by Crippen LogP contribution is 2.23. The van der Waals surface area contributed by atoms with Crippen LogP contribution < -0.4 is 5.32 Å². The van der Waals surface area contributed by atoms with Crippen LogP contribution in [-0.2, 0) is 4.79 Å². The van der Waals surface area contributed by atoms with Crippen molar-refractivity contribution in [1.82, 2.24) is 10.2 Å². The third-order valence-electron chi connectivity index (χ3n) is 1.63. The second-order valence-electron chi connectivity index (χ2n) is 4.07. The molecule has 1 N–H and O–H groups in total. The lowest BCUT2D eigenvalue weighted by Crippen LogP contribution is -2.28. The van der Waals surface area contributed by atoms with Crippen LogP contribution in [0.3, 0.4) is 0 Å². The predicted octanol–water partition coefficient (Wildman–Crippen LogP) is 2.77. The van der Waals surface area contributed by atoms with Gasteiger partial charge in [0.25, 0.3) is 0 Å². The largest absolute Gasteiger partial charge is 0.307 e. The third-order valence-corrected chi connectivity index (χ3v) is 2.10. The number of carbonyl (C=O) groups is 1. The van der Waals surface area contributed by atoms with Crippen LogP contribution in [0.1, 0.15) is 20.8 Å². The van der Waals surface area contributed by atoms with Crippen molar-refractivity contribution in [2.45, 2.75) is 20.8 Å². The summed E-state index contributed by atoms with van der Waals surface area (Å²) in [5.74, 6) is 0.0435. The molecule has 1 aromatic rings. The van der Waals surface area contributed by atoms with Gasteiger partial charge < -0.3 is 5.32 Å². The molecule has 1 amide bonds. The number of nitrogens with one attached hydrogen (secondary N) is 1. The van der Waals surface area contributed by atoms with Gasteiger partial charge >= 0.3 is 0 Å². The number of amides is 1. The van der Waals surface area contributed by atoms with E-state index in [0.717, 1.165) is 0 Å². The molecular weight excluding hydrogens is 237 g/mol. The Morgan fingerprint density at radius 1 is 1.33 bits per heavy atom. The Morgan fingerprint density at radius 3 is 2.40 bits per heavy atom. The number of nitrogens with zero attached hydrogens (tertiary/aromatic N) is 2. The maximum Gasteiger partial charge on any atom is 0.230 e. The molecule has 1 rings (SSSR count). The molecule has 1 aromatic heterocycles. The van der Waals surface area contributed by atoms with Crippen molar-refractivity contribution in [1.29, 1.82) is 0 Å². The summed E-state index contributed by atoms with van der Waals surface area (Å²) in [6.45, 7) is 5.37. The van der Waals surface area contributed by atoms with Crippen molar-refractivity contribution >= 4 is 34.9 Å². The molecule has 0 bridgehead atoms. The summed E-state index contributed by atoms with van der Waals surface area (Å²) in [5, 5.41) is 10.3. The van der Waals surface area contributed by atoms with E-state index < -0.39 is 5.41 Å². The summed E-state index contributed by atoms with van der Waals surface area (Å²) in [6.07, 6.45) is 0. The molecule has 0 radical (unpaired) electrons. The Morgan fingerprint density at radius 2 is 1.93 bits per heavy atom. The fourth-order valence-electron chi connectivity index (χ4n) is 0.727. The molecular formula is C9H11Cl2N3O. The Hall–Kier alpha value is -0.870. The number of rotatable bonds is 1. The van der Waals surface area contributed by atoms with Crippen LogP contribution in [0.4, 0.5) is 5.82 Å². The Kier molecular flexibility index (Phi) is 3.52. The fraction of sp³-hybridized carbons (Fsp3) is 0.444. The molecule has 82 valence electrons. The zero-order chi connectivity index (χ0) is 11.6. The zero-order valence-corrected chi connectivity index (χ0v) is 10.1. The molecule has 0 aliphatic heterocycles. The van der Waals surface area contributed by atoms with Crippen LogP contribution in [0.5, 0.6) is 0 Å². The van der Waals surface area contributed by atoms with Gasteiger partial charge in [0.2, 0.25) is 5.91 Å². The highest BCUT2D eigenvalue weighted by atomic mass is 35.5. The number of anilines is 1. The topological polar surface area (TPSA) is 54.9 Å². The van der Waals surface area contributed by atoms with E-state index in [4.69, 9.17) is 23.2 Å². The van der Waals surface area contributed by atoms with Gasteiger partial charge in [0, 0.05) is 5.41 Å². The summed E-state index contributed by atoms with van der Waals surface area (Å²) in [7, 11) is 0. The highest BCUT2D eigenvalue weighted by molar-refractivity contribution is 6.35. The molecule has 0 aliphatic rings. The molecule has 0 fully saturated rings. The van der Waals surface area contributed by atoms with Crippen LogP contribution in [-0.4, -0.2) is 16.1 Å². The molecule has 0 atom stereocenters. The summed E-state index contributed by atoms with van der Waals surface area (Å²) < 4.78 is 0. The first-order chi connectivity index (χ1) is 6.80. The minimum Gasteiger partial charge on any atom is -0.307 e. The molecule has 0 spiro atoms. The number of hydrogen-bond acceptors (Lipinski definition) is 3. The molecule has 0 aromatic carbocycles. The predicted molar refractivity (Wildman–Crippen MR) is 60.1 cm³/mol. The zero-order valence-electron chi connectivity index (χ0n) is 8.64. The quantitative estimate of drug-likeness (QED) is 0.831. The van der Waals surface area contributed by atoms with Crippen molar-refractivity contribution in [3.8, 4) is 0 Å². The van der Waals surface area contributed by atoms with Gasteiger partial charge in [-0.15, -0.1) is 10.2 Å². The lowest BCUT2D eigenvalue weighted by molar-refractivity contribution is -0.123. The van der Waals surface area contributed by atoms with Gasteiger partial charge in [-0.3, -0.25) is 4.79 Å².